The first-order valence-electron chi connectivity index (χ1n) is 13.0. The van der Waals surface area contributed by atoms with Gasteiger partial charge in [0.1, 0.15) is 29.7 Å². The minimum atomic E-state index is -0.936. The number of carbonyl (C=O) groups excluding carboxylic acids is 2. The Morgan fingerprint density at radius 3 is 2.63 bits per heavy atom. The fraction of sp³-hybridized carbons (Fsp3) is 0.233. The summed E-state index contributed by atoms with van der Waals surface area (Å²) in [4.78, 5) is 33.8. The molecule has 0 bridgehead atoms. The van der Waals surface area contributed by atoms with Crippen LogP contribution in [0.5, 0.6) is 0 Å². The highest BCUT2D eigenvalue weighted by atomic mass is 19.1. The molecule has 5 rings (SSSR count). The number of rotatable bonds is 9. The van der Waals surface area contributed by atoms with E-state index in [1.165, 1.54) is 30.5 Å². The van der Waals surface area contributed by atoms with E-state index in [0.717, 1.165) is 48.3 Å². The Kier molecular flexibility index (Phi) is 7.95. The Balaban J connectivity index is 1.52. The van der Waals surface area contributed by atoms with E-state index in [2.05, 4.69) is 20.4 Å². The van der Waals surface area contributed by atoms with Crippen molar-refractivity contribution in [2.24, 2.45) is 10.7 Å². The van der Waals surface area contributed by atoms with Gasteiger partial charge in [0.15, 0.2) is 0 Å². The van der Waals surface area contributed by atoms with Gasteiger partial charge in [0.25, 0.3) is 5.91 Å². The van der Waals surface area contributed by atoms with Gasteiger partial charge >= 0.3 is 0 Å². The van der Waals surface area contributed by atoms with Crippen LogP contribution in [-0.2, 0) is 30.6 Å². The summed E-state index contributed by atoms with van der Waals surface area (Å²) in [5, 5.41) is 7.51. The summed E-state index contributed by atoms with van der Waals surface area (Å²) in [6.45, 7) is -0.0849. The van der Waals surface area contributed by atoms with Crippen molar-refractivity contribution in [1.29, 1.82) is 0 Å². The summed E-state index contributed by atoms with van der Waals surface area (Å²) in [6, 6.07) is 9.53. The third-order valence-corrected chi connectivity index (χ3v) is 6.99. The fourth-order valence-electron chi connectivity index (χ4n) is 5.27. The van der Waals surface area contributed by atoms with Crippen LogP contribution in [-0.4, -0.2) is 39.8 Å². The molecular weight excluding hydrogens is 533 g/mol. The van der Waals surface area contributed by atoms with Crippen molar-refractivity contribution in [3.63, 3.8) is 0 Å². The van der Waals surface area contributed by atoms with Crippen molar-refractivity contribution < 1.29 is 22.8 Å². The highest BCUT2D eigenvalue weighted by Gasteiger charge is 2.26. The smallest absolute Gasteiger partial charge is 0.251 e. The van der Waals surface area contributed by atoms with E-state index in [0.29, 0.717) is 22.4 Å². The van der Waals surface area contributed by atoms with Crippen molar-refractivity contribution >= 4 is 18.0 Å². The molecule has 3 N–H and O–H groups in total. The number of carbonyl (C=O) groups is 2. The zero-order valence-corrected chi connectivity index (χ0v) is 22.2. The van der Waals surface area contributed by atoms with Crippen molar-refractivity contribution in [1.82, 2.24) is 20.1 Å². The molecule has 0 saturated carbocycles. The average molecular weight is 561 g/mol. The van der Waals surface area contributed by atoms with E-state index in [1.54, 1.807) is 30.1 Å². The van der Waals surface area contributed by atoms with Crippen LogP contribution in [0.4, 0.5) is 13.2 Å². The van der Waals surface area contributed by atoms with E-state index in [-0.39, 0.29) is 18.5 Å². The zero-order valence-electron chi connectivity index (χ0n) is 22.2. The normalized spacial score (nSPS) is 13.4. The zero-order chi connectivity index (χ0) is 29.1. The Morgan fingerprint density at radius 1 is 1.12 bits per heavy atom. The van der Waals surface area contributed by atoms with E-state index in [4.69, 9.17) is 5.73 Å². The second-order valence-electron chi connectivity index (χ2n) is 9.81. The molecule has 0 unspecified atom stereocenters. The molecule has 0 saturated heterocycles. The lowest BCUT2D eigenvalue weighted by Crippen LogP contribution is -2.34. The number of hydrogen-bond acceptors (Lipinski definition) is 5. The van der Waals surface area contributed by atoms with E-state index in [9.17, 15) is 22.8 Å². The van der Waals surface area contributed by atoms with Gasteiger partial charge in [-0.1, -0.05) is 12.1 Å². The molecule has 2 aromatic carbocycles. The van der Waals surface area contributed by atoms with Crippen molar-refractivity contribution in [3.05, 3.63) is 106 Å². The molecule has 2 aromatic heterocycles. The van der Waals surface area contributed by atoms with Gasteiger partial charge in [0.05, 0.1) is 17.3 Å². The molecule has 0 spiro atoms. The number of nitrogens with one attached hydrogen (secondary N) is 1. The lowest BCUT2D eigenvalue weighted by molar-refractivity contribution is -0.122. The number of aromatic nitrogens is 3. The molecule has 4 aromatic rings. The van der Waals surface area contributed by atoms with Gasteiger partial charge in [0, 0.05) is 42.3 Å². The van der Waals surface area contributed by atoms with E-state index in [1.807, 2.05) is 0 Å². The molecule has 1 aliphatic carbocycles. The Labute approximate surface area is 234 Å². The third-order valence-electron chi connectivity index (χ3n) is 6.99. The highest BCUT2D eigenvalue weighted by Crippen LogP contribution is 2.31. The molecule has 1 aliphatic rings. The van der Waals surface area contributed by atoms with Crippen molar-refractivity contribution in [2.45, 2.75) is 38.3 Å². The molecule has 0 radical (unpaired) electrons. The second-order valence-corrected chi connectivity index (χ2v) is 9.81. The van der Waals surface area contributed by atoms with Crippen LogP contribution in [0.1, 0.15) is 51.0 Å². The number of aliphatic imine (C=N–C) groups is 1. The molecule has 0 fully saturated rings. The van der Waals surface area contributed by atoms with Gasteiger partial charge in [-0.05, 0) is 67.1 Å². The van der Waals surface area contributed by atoms with Crippen molar-refractivity contribution in [2.75, 3.05) is 7.05 Å². The van der Waals surface area contributed by atoms with Crippen LogP contribution in [0.2, 0.25) is 0 Å². The first kappa shape index (κ1) is 27.8. The Hall–Kier alpha value is -4.80. The van der Waals surface area contributed by atoms with Gasteiger partial charge < -0.3 is 11.1 Å². The third kappa shape index (κ3) is 6.03. The predicted molar refractivity (Wildman–Crippen MR) is 147 cm³/mol. The standard InChI is InChI=1S/C30H27F3N6O2/c1-35-15-26-22-4-2-6-27(22)39(38-26)16-28(40)37-25(12-17-10-19(31)14-20(32)11-17)29-21(5-3-9-36-29)18-7-8-24(33)23(13-18)30(34)41/h3,5,7-11,13-15,25H,2,4,6,12,16H2,1H3,(H2,34,41)(H,37,40)/b35-15+/t25-/m0/s1. The molecule has 1 atom stereocenters. The minimum absolute atomic E-state index is 0.000733. The first-order valence-corrected chi connectivity index (χ1v) is 13.0. The van der Waals surface area contributed by atoms with E-state index >= 15 is 0 Å². The largest absolute Gasteiger partial charge is 0.366 e. The fourth-order valence-corrected chi connectivity index (χ4v) is 5.27. The molecule has 41 heavy (non-hydrogen) atoms. The summed E-state index contributed by atoms with van der Waals surface area (Å²) in [6.07, 6.45) is 5.78. The molecule has 210 valence electrons. The molecule has 11 heteroatoms. The number of pyridine rings is 1. The lowest BCUT2D eigenvalue weighted by Gasteiger charge is -2.22. The quantitative estimate of drug-likeness (QED) is 0.300. The second kappa shape index (κ2) is 11.7. The number of hydrogen-bond donors (Lipinski definition) is 2. The van der Waals surface area contributed by atoms with Crippen LogP contribution < -0.4 is 11.1 Å². The molecule has 2 heterocycles. The number of halogens is 3. The van der Waals surface area contributed by atoms with E-state index < -0.39 is 35.3 Å². The molecular formula is C30H27F3N6O2. The minimum Gasteiger partial charge on any atom is -0.366 e. The topological polar surface area (TPSA) is 115 Å². The van der Waals surface area contributed by atoms with Crippen LogP contribution in [0.25, 0.3) is 11.1 Å². The average Bonchev–Trinajstić information content (AvgIpc) is 3.53. The number of nitrogens with two attached hydrogens (primary N) is 1. The first-order chi connectivity index (χ1) is 19.7. The summed E-state index contributed by atoms with van der Waals surface area (Å²) >= 11 is 0. The molecule has 0 aliphatic heterocycles. The number of benzene rings is 2. The summed E-state index contributed by atoms with van der Waals surface area (Å²) in [5.74, 6) is -3.61. The maximum Gasteiger partial charge on any atom is 0.251 e. The number of primary amides is 1. The van der Waals surface area contributed by atoms with Crippen LogP contribution >= 0.6 is 0 Å². The lowest BCUT2D eigenvalue weighted by atomic mass is 9.94. The molecule has 2 amide bonds. The van der Waals surface area contributed by atoms with Gasteiger partial charge in [-0.2, -0.15) is 5.10 Å². The van der Waals surface area contributed by atoms with Crippen LogP contribution in [0.3, 0.4) is 0 Å². The Morgan fingerprint density at radius 2 is 1.90 bits per heavy atom. The predicted octanol–water partition coefficient (Wildman–Crippen LogP) is 4.10. The van der Waals surface area contributed by atoms with Crippen molar-refractivity contribution in [3.8, 4) is 11.1 Å². The number of nitrogens with zero attached hydrogens (tertiary/aromatic N) is 4. The van der Waals surface area contributed by atoms with Crippen LogP contribution in [0.15, 0.2) is 59.7 Å². The van der Waals surface area contributed by atoms with Gasteiger partial charge in [-0.15, -0.1) is 0 Å². The molecule has 8 nitrogen and oxygen atoms in total. The maximum absolute atomic E-state index is 14.2. The SMILES string of the molecule is C/N=C/c1nn(CC(=O)N[C@@H](Cc2cc(F)cc(F)c2)c2ncccc2-c2ccc(F)c(C(N)=O)c2)c2c1CCC2. The number of amides is 2. The van der Waals surface area contributed by atoms with Gasteiger partial charge in [-0.25, -0.2) is 13.2 Å². The van der Waals surface area contributed by atoms with Gasteiger partial charge in [-0.3, -0.25) is 24.2 Å². The monoisotopic (exact) mass is 560 g/mol. The highest BCUT2D eigenvalue weighted by molar-refractivity contribution is 5.94. The number of fused-ring (bicyclic) bond motifs is 1. The Bertz CT molecular complexity index is 1650. The van der Waals surface area contributed by atoms with Gasteiger partial charge in [0.2, 0.25) is 5.91 Å². The summed E-state index contributed by atoms with van der Waals surface area (Å²) in [5.41, 5.74) is 9.39. The summed E-state index contributed by atoms with van der Waals surface area (Å²) < 4.78 is 44.0. The maximum atomic E-state index is 14.2. The summed E-state index contributed by atoms with van der Waals surface area (Å²) in [7, 11) is 1.66. The van der Waals surface area contributed by atoms with Crippen LogP contribution in [0, 0.1) is 17.5 Å².